The molecule has 0 bridgehead atoms. The fraction of sp³-hybridized carbons (Fsp3) is 0.160. The van der Waals surface area contributed by atoms with Crippen LogP contribution in [0.2, 0.25) is 0 Å². The Labute approximate surface area is 189 Å². The zero-order valence-electron chi connectivity index (χ0n) is 18.0. The van der Waals surface area contributed by atoms with E-state index < -0.39 is 5.91 Å². The second kappa shape index (κ2) is 8.66. The number of ketones is 1. The minimum Gasteiger partial charge on any atom is -0.494 e. The number of ether oxygens (including phenoxy) is 1. The first-order valence-corrected chi connectivity index (χ1v) is 10.7. The zero-order valence-corrected chi connectivity index (χ0v) is 18.0. The van der Waals surface area contributed by atoms with Gasteiger partial charge in [-0.2, -0.15) is 0 Å². The smallest absolute Gasteiger partial charge is 0.276 e. The lowest BCUT2D eigenvalue weighted by atomic mass is 10.0. The van der Waals surface area contributed by atoms with Gasteiger partial charge in [-0.1, -0.05) is 30.3 Å². The molecule has 0 saturated carbocycles. The minimum absolute atomic E-state index is 0.107. The molecule has 33 heavy (non-hydrogen) atoms. The number of aliphatic imine (C=N–C) groups is 1. The van der Waals surface area contributed by atoms with Crippen molar-refractivity contribution in [3.63, 3.8) is 0 Å². The van der Waals surface area contributed by atoms with Crippen LogP contribution in [0.4, 0.5) is 5.95 Å². The maximum Gasteiger partial charge on any atom is 0.276 e. The molecule has 0 radical (unpaired) electrons. The average molecular weight is 439 g/mol. The number of anilines is 1. The molecule has 4 aromatic rings. The van der Waals surface area contributed by atoms with Gasteiger partial charge in [-0.3, -0.25) is 24.9 Å². The van der Waals surface area contributed by atoms with Gasteiger partial charge in [-0.25, -0.2) is 4.98 Å². The summed E-state index contributed by atoms with van der Waals surface area (Å²) >= 11 is 0. The Morgan fingerprint density at radius 1 is 1.15 bits per heavy atom. The first-order valence-electron chi connectivity index (χ1n) is 10.7. The van der Waals surface area contributed by atoms with Crippen LogP contribution in [0.1, 0.15) is 40.6 Å². The topological polar surface area (TPSA) is 109 Å². The molecule has 2 N–H and O–H groups in total. The second-order valence-electron chi connectivity index (χ2n) is 7.64. The summed E-state index contributed by atoms with van der Waals surface area (Å²) in [6, 6.07) is 12.9. The van der Waals surface area contributed by atoms with Gasteiger partial charge < -0.3 is 9.72 Å². The molecule has 2 aromatic carbocycles. The number of benzene rings is 2. The van der Waals surface area contributed by atoms with Crippen LogP contribution in [0.3, 0.4) is 0 Å². The van der Waals surface area contributed by atoms with E-state index >= 15 is 0 Å². The lowest BCUT2D eigenvalue weighted by Gasteiger charge is -2.07. The van der Waals surface area contributed by atoms with Crippen LogP contribution in [-0.2, 0) is 0 Å². The number of pyridine rings is 1. The highest BCUT2D eigenvalue weighted by Crippen LogP contribution is 2.27. The number of carbonyl (C=O) groups is 2. The largest absolute Gasteiger partial charge is 0.494 e. The van der Waals surface area contributed by atoms with Crippen molar-refractivity contribution in [2.45, 2.75) is 19.8 Å². The summed E-state index contributed by atoms with van der Waals surface area (Å²) in [7, 11) is 0. The molecule has 0 spiro atoms. The molecule has 0 saturated heterocycles. The summed E-state index contributed by atoms with van der Waals surface area (Å²) in [6.07, 6.45) is 6.15. The van der Waals surface area contributed by atoms with Crippen LogP contribution in [0.15, 0.2) is 65.9 Å². The summed E-state index contributed by atoms with van der Waals surface area (Å²) in [5.41, 5.74) is 2.56. The van der Waals surface area contributed by atoms with Gasteiger partial charge in [-0.15, -0.1) is 0 Å². The zero-order chi connectivity index (χ0) is 22.8. The number of aromatic amines is 1. The standard InChI is InChI=1S/C25H21N5O3/c1-2-33-18-12-19(22(31)11-17-8-5-9-26-17)23-20(13-18)28-25(29-23)30-24(32)21-10-15-6-3-4-7-16(15)14-27-21/h3-7,9-10,12-14H,2,8,11H2,1H3,(H2,28,29,30,32). The van der Waals surface area contributed by atoms with E-state index in [-0.39, 0.29) is 23.8 Å². The molecule has 0 fully saturated rings. The van der Waals surface area contributed by atoms with E-state index in [9.17, 15) is 9.59 Å². The Morgan fingerprint density at radius 3 is 2.79 bits per heavy atom. The van der Waals surface area contributed by atoms with Gasteiger partial charge >= 0.3 is 0 Å². The van der Waals surface area contributed by atoms with Crippen LogP contribution in [0, 0.1) is 0 Å². The number of fused-ring (bicyclic) bond motifs is 2. The average Bonchev–Trinajstić information content (AvgIpc) is 3.47. The highest BCUT2D eigenvalue weighted by Gasteiger charge is 2.20. The minimum atomic E-state index is -0.399. The highest BCUT2D eigenvalue weighted by atomic mass is 16.5. The Morgan fingerprint density at radius 2 is 2.00 bits per heavy atom. The molecule has 1 amide bonds. The van der Waals surface area contributed by atoms with E-state index in [1.807, 2.05) is 37.3 Å². The number of hydrogen-bond donors (Lipinski definition) is 2. The van der Waals surface area contributed by atoms with Gasteiger partial charge in [-0.05, 0) is 24.4 Å². The normalized spacial score (nSPS) is 12.8. The van der Waals surface area contributed by atoms with Crippen molar-refractivity contribution in [1.29, 1.82) is 0 Å². The number of aromatic nitrogens is 3. The fourth-order valence-electron chi connectivity index (χ4n) is 3.79. The van der Waals surface area contributed by atoms with Gasteiger partial charge in [0.15, 0.2) is 5.78 Å². The van der Waals surface area contributed by atoms with Gasteiger partial charge in [0, 0.05) is 48.0 Å². The summed E-state index contributed by atoms with van der Waals surface area (Å²) < 4.78 is 5.64. The molecule has 3 heterocycles. The number of rotatable bonds is 7. The molecule has 1 aliphatic rings. The number of hydrogen-bond acceptors (Lipinski definition) is 6. The summed E-state index contributed by atoms with van der Waals surface area (Å²) in [6.45, 7) is 2.33. The summed E-state index contributed by atoms with van der Waals surface area (Å²) in [5.74, 6) is 0.277. The maximum absolute atomic E-state index is 13.0. The van der Waals surface area contributed by atoms with Crippen molar-refractivity contribution in [2.75, 3.05) is 11.9 Å². The number of carbonyl (C=O) groups excluding carboxylic acids is 2. The molecule has 8 heteroatoms. The molecule has 1 aliphatic heterocycles. The first-order chi connectivity index (χ1) is 16.1. The second-order valence-corrected chi connectivity index (χ2v) is 7.64. The quantitative estimate of drug-likeness (QED) is 0.406. The first kappa shape index (κ1) is 20.6. The van der Waals surface area contributed by atoms with E-state index in [4.69, 9.17) is 4.74 Å². The lowest BCUT2D eigenvalue weighted by molar-refractivity contribution is 0.0998. The van der Waals surface area contributed by atoms with Crippen molar-refractivity contribution >= 4 is 45.2 Å². The number of nitrogens with zero attached hydrogens (tertiary/aromatic N) is 3. The van der Waals surface area contributed by atoms with Crippen molar-refractivity contribution in [2.24, 2.45) is 4.99 Å². The Kier molecular flexibility index (Phi) is 5.40. The third kappa shape index (κ3) is 4.23. The monoisotopic (exact) mass is 439 g/mol. The van der Waals surface area contributed by atoms with E-state index in [0.717, 1.165) is 16.5 Å². The third-order valence-electron chi connectivity index (χ3n) is 5.35. The third-order valence-corrected chi connectivity index (χ3v) is 5.35. The van der Waals surface area contributed by atoms with Gasteiger partial charge in [0.1, 0.15) is 17.0 Å². The molecular formula is C25H21N5O3. The van der Waals surface area contributed by atoms with E-state index in [1.165, 1.54) is 0 Å². The number of amides is 1. The van der Waals surface area contributed by atoms with Gasteiger partial charge in [0.25, 0.3) is 5.91 Å². The van der Waals surface area contributed by atoms with Crippen LogP contribution < -0.4 is 10.1 Å². The molecular weight excluding hydrogens is 418 g/mol. The molecule has 8 nitrogen and oxygen atoms in total. The van der Waals surface area contributed by atoms with Crippen LogP contribution in [-0.4, -0.2) is 39.0 Å². The number of nitrogens with one attached hydrogen (secondary N) is 2. The number of imidazole rings is 1. The lowest BCUT2D eigenvalue weighted by Crippen LogP contribution is -2.14. The summed E-state index contributed by atoms with van der Waals surface area (Å²) in [5, 5.41) is 4.62. The van der Waals surface area contributed by atoms with Crippen LogP contribution >= 0.6 is 0 Å². The summed E-state index contributed by atoms with van der Waals surface area (Å²) in [4.78, 5) is 41.9. The van der Waals surface area contributed by atoms with Crippen molar-refractivity contribution < 1.29 is 14.3 Å². The molecule has 0 aliphatic carbocycles. The molecule has 5 rings (SSSR count). The Bertz CT molecular complexity index is 1450. The Balaban J connectivity index is 1.45. The van der Waals surface area contributed by atoms with E-state index in [0.29, 0.717) is 35.4 Å². The van der Waals surface area contributed by atoms with Gasteiger partial charge in [0.2, 0.25) is 5.95 Å². The number of allylic oxidation sites excluding steroid dienone is 1. The fourth-order valence-corrected chi connectivity index (χ4v) is 3.79. The van der Waals surface area contributed by atoms with Crippen molar-refractivity contribution in [3.8, 4) is 5.75 Å². The predicted octanol–water partition coefficient (Wildman–Crippen LogP) is 4.69. The van der Waals surface area contributed by atoms with Crippen LogP contribution in [0.5, 0.6) is 5.75 Å². The molecule has 0 unspecified atom stereocenters. The number of Topliss-reactive ketones (excluding diaryl/α,β-unsaturated/α-hetero) is 1. The molecule has 0 atom stereocenters. The van der Waals surface area contributed by atoms with Crippen molar-refractivity contribution in [1.82, 2.24) is 15.0 Å². The number of H-pyrrole nitrogens is 1. The van der Waals surface area contributed by atoms with Gasteiger partial charge in [0.05, 0.1) is 12.1 Å². The molecule has 164 valence electrons. The van der Waals surface area contributed by atoms with Crippen LogP contribution in [0.25, 0.3) is 21.8 Å². The van der Waals surface area contributed by atoms with E-state index in [1.54, 1.807) is 30.6 Å². The SMILES string of the molecule is CCOc1cc(C(=O)CC2=NC=CC2)c2nc(NC(=O)c3cc4ccccc4cn3)[nH]c2c1. The maximum atomic E-state index is 13.0. The molecule has 2 aromatic heterocycles. The van der Waals surface area contributed by atoms with Crippen molar-refractivity contribution in [3.05, 3.63) is 72.2 Å². The Hall–Kier alpha value is -4.33. The predicted molar refractivity (Wildman–Crippen MR) is 127 cm³/mol. The highest BCUT2D eigenvalue weighted by molar-refractivity contribution is 6.16. The van der Waals surface area contributed by atoms with E-state index in [2.05, 4.69) is 25.3 Å².